The maximum atomic E-state index is 12.5. The Hall–Kier alpha value is -1.97. The number of nitrogens with zero attached hydrogens (tertiary/aromatic N) is 2. The summed E-state index contributed by atoms with van der Waals surface area (Å²) in [5.74, 6) is 0.233. The zero-order chi connectivity index (χ0) is 15.1. The molecule has 0 spiro atoms. The Morgan fingerprint density at radius 1 is 0.909 bits per heavy atom. The molecule has 3 nitrogen and oxygen atoms in total. The SMILES string of the molecule is CN1CCN(CC(=O)c2ccc3c(c2)-c2ccccc2-3)CC1. The summed E-state index contributed by atoms with van der Waals surface area (Å²) in [6.45, 7) is 4.59. The van der Waals surface area contributed by atoms with E-state index >= 15 is 0 Å². The van der Waals surface area contributed by atoms with Gasteiger partial charge in [-0.1, -0.05) is 36.4 Å². The van der Waals surface area contributed by atoms with Gasteiger partial charge in [-0.3, -0.25) is 9.69 Å². The minimum Gasteiger partial charge on any atom is -0.304 e. The highest BCUT2D eigenvalue weighted by Crippen LogP contribution is 2.46. The number of hydrogen-bond donors (Lipinski definition) is 0. The normalized spacial score (nSPS) is 17.5. The Morgan fingerprint density at radius 2 is 1.55 bits per heavy atom. The van der Waals surface area contributed by atoms with Crippen LogP contribution in [0.5, 0.6) is 0 Å². The van der Waals surface area contributed by atoms with Crippen LogP contribution in [0.25, 0.3) is 22.3 Å². The van der Waals surface area contributed by atoms with Crippen molar-refractivity contribution in [3.63, 3.8) is 0 Å². The van der Waals surface area contributed by atoms with E-state index in [-0.39, 0.29) is 5.78 Å². The number of carbonyl (C=O) groups excluding carboxylic acids is 1. The Labute approximate surface area is 131 Å². The van der Waals surface area contributed by atoms with Crippen molar-refractivity contribution in [2.75, 3.05) is 39.8 Å². The topological polar surface area (TPSA) is 23.6 Å². The third-order valence-corrected chi connectivity index (χ3v) is 4.81. The van der Waals surface area contributed by atoms with E-state index < -0.39 is 0 Å². The van der Waals surface area contributed by atoms with Crippen LogP contribution in [0.3, 0.4) is 0 Å². The number of piperazine rings is 1. The van der Waals surface area contributed by atoms with Gasteiger partial charge in [0.2, 0.25) is 0 Å². The van der Waals surface area contributed by atoms with Gasteiger partial charge in [0, 0.05) is 31.7 Å². The molecule has 0 amide bonds. The van der Waals surface area contributed by atoms with Gasteiger partial charge in [-0.25, -0.2) is 0 Å². The first kappa shape index (κ1) is 13.7. The second kappa shape index (κ2) is 5.34. The van der Waals surface area contributed by atoms with Gasteiger partial charge >= 0.3 is 0 Å². The molecule has 0 atom stereocenters. The molecule has 0 unspecified atom stereocenters. The van der Waals surface area contributed by atoms with Crippen molar-refractivity contribution in [2.45, 2.75) is 0 Å². The molecule has 1 heterocycles. The summed E-state index contributed by atoms with van der Waals surface area (Å²) in [6.07, 6.45) is 0. The van der Waals surface area contributed by atoms with E-state index in [4.69, 9.17) is 0 Å². The lowest BCUT2D eigenvalue weighted by molar-refractivity contribution is 0.0876. The third kappa shape index (κ3) is 2.27. The fourth-order valence-corrected chi connectivity index (χ4v) is 3.37. The van der Waals surface area contributed by atoms with Crippen molar-refractivity contribution in [1.29, 1.82) is 0 Å². The van der Waals surface area contributed by atoms with Crippen molar-refractivity contribution in [3.8, 4) is 22.3 Å². The molecule has 0 radical (unpaired) electrons. The van der Waals surface area contributed by atoms with E-state index in [1.54, 1.807) is 0 Å². The standard InChI is InChI=1S/C19H20N2O/c1-20-8-10-21(11-9-20)13-19(22)14-6-7-17-15-4-2-3-5-16(15)18(17)12-14/h2-7,12H,8-11,13H2,1H3. The van der Waals surface area contributed by atoms with Crippen LogP contribution in [0.2, 0.25) is 0 Å². The van der Waals surface area contributed by atoms with Crippen LogP contribution < -0.4 is 0 Å². The van der Waals surface area contributed by atoms with Crippen LogP contribution in [0.1, 0.15) is 10.4 Å². The molecule has 0 N–H and O–H groups in total. The van der Waals surface area contributed by atoms with Crippen molar-refractivity contribution in [2.24, 2.45) is 0 Å². The molecule has 1 saturated heterocycles. The van der Waals surface area contributed by atoms with Gasteiger partial charge in [0.1, 0.15) is 0 Å². The Balaban J connectivity index is 1.50. The highest BCUT2D eigenvalue weighted by molar-refractivity contribution is 6.06. The molecule has 1 fully saturated rings. The molecule has 22 heavy (non-hydrogen) atoms. The summed E-state index contributed by atoms with van der Waals surface area (Å²) < 4.78 is 0. The van der Waals surface area contributed by atoms with Gasteiger partial charge in [0.25, 0.3) is 0 Å². The molecule has 112 valence electrons. The van der Waals surface area contributed by atoms with Crippen LogP contribution in [0.15, 0.2) is 42.5 Å². The molecular weight excluding hydrogens is 272 g/mol. The van der Waals surface area contributed by atoms with Gasteiger partial charge in [-0.2, -0.15) is 0 Å². The van der Waals surface area contributed by atoms with Crippen LogP contribution in [-0.4, -0.2) is 55.4 Å². The largest absolute Gasteiger partial charge is 0.304 e. The minimum atomic E-state index is 0.233. The average molecular weight is 292 g/mol. The summed E-state index contributed by atoms with van der Waals surface area (Å²) in [5, 5.41) is 0. The summed E-state index contributed by atoms with van der Waals surface area (Å²) in [6, 6.07) is 14.5. The van der Waals surface area contributed by atoms with Crippen LogP contribution >= 0.6 is 0 Å². The van der Waals surface area contributed by atoms with E-state index in [0.717, 1.165) is 31.7 Å². The molecule has 1 aliphatic carbocycles. The highest BCUT2D eigenvalue weighted by Gasteiger charge is 2.23. The lowest BCUT2D eigenvalue weighted by atomic mass is 9.79. The number of hydrogen-bond acceptors (Lipinski definition) is 3. The smallest absolute Gasteiger partial charge is 0.176 e. The second-order valence-corrected chi connectivity index (χ2v) is 6.31. The Morgan fingerprint density at radius 3 is 2.27 bits per heavy atom. The fourth-order valence-electron chi connectivity index (χ4n) is 3.37. The molecule has 0 aromatic heterocycles. The first-order valence-corrected chi connectivity index (χ1v) is 7.90. The number of carbonyl (C=O) groups is 1. The lowest BCUT2D eigenvalue weighted by Gasteiger charge is -2.32. The number of likely N-dealkylation sites (N-methyl/N-ethyl adjacent to an activating group) is 1. The second-order valence-electron chi connectivity index (χ2n) is 6.31. The maximum Gasteiger partial charge on any atom is 0.176 e. The zero-order valence-corrected chi connectivity index (χ0v) is 12.9. The van der Waals surface area contributed by atoms with Gasteiger partial charge < -0.3 is 4.90 Å². The van der Waals surface area contributed by atoms with Gasteiger partial charge in [-0.15, -0.1) is 0 Å². The zero-order valence-electron chi connectivity index (χ0n) is 12.9. The van der Waals surface area contributed by atoms with Gasteiger partial charge in [-0.05, 0) is 35.4 Å². The number of benzene rings is 2. The van der Waals surface area contributed by atoms with E-state index in [1.165, 1.54) is 22.3 Å². The van der Waals surface area contributed by atoms with Crippen LogP contribution in [0, 0.1) is 0 Å². The number of rotatable bonds is 3. The number of fused-ring (bicyclic) bond motifs is 4. The van der Waals surface area contributed by atoms with Crippen molar-refractivity contribution in [1.82, 2.24) is 9.80 Å². The van der Waals surface area contributed by atoms with Gasteiger partial charge in [0.15, 0.2) is 5.78 Å². The quantitative estimate of drug-likeness (QED) is 0.694. The summed E-state index contributed by atoms with van der Waals surface area (Å²) >= 11 is 0. The maximum absolute atomic E-state index is 12.5. The first-order valence-electron chi connectivity index (χ1n) is 7.90. The molecule has 2 aliphatic rings. The summed E-state index contributed by atoms with van der Waals surface area (Å²) in [4.78, 5) is 17.1. The summed E-state index contributed by atoms with van der Waals surface area (Å²) in [5.41, 5.74) is 5.90. The van der Waals surface area contributed by atoms with Crippen molar-refractivity contribution in [3.05, 3.63) is 48.0 Å². The Kier molecular flexibility index (Phi) is 3.32. The predicted molar refractivity (Wildman–Crippen MR) is 89.1 cm³/mol. The van der Waals surface area contributed by atoms with Crippen molar-refractivity contribution < 1.29 is 4.79 Å². The van der Waals surface area contributed by atoms with Crippen molar-refractivity contribution >= 4 is 5.78 Å². The van der Waals surface area contributed by atoms with E-state index in [1.807, 2.05) is 6.07 Å². The Bertz CT molecular complexity index is 730. The molecule has 0 saturated carbocycles. The molecule has 4 rings (SSSR count). The molecular formula is C19H20N2O. The van der Waals surface area contributed by atoms with E-state index in [2.05, 4.69) is 53.2 Å². The molecule has 1 aliphatic heterocycles. The molecule has 2 aromatic rings. The molecule has 3 heteroatoms. The molecule has 0 bridgehead atoms. The lowest BCUT2D eigenvalue weighted by Crippen LogP contribution is -2.46. The first-order chi connectivity index (χ1) is 10.7. The fraction of sp³-hybridized carbons (Fsp3) is 0.316. The van der Waals surface area contributed by atoms with E-state index in [9.17, 15) is 4.79 Å². The monoisotopic (exact) mass is 292 g/mol. The van der Waals surface area contributed by atoms with Crippen LogP contribution in [-0.2, 0) is 0 Å². The third-order valence-electron chi connectivity index (χ3n) is 4.81. The average Bonchev–Trinajstić information content (AvgIpc) is 2.54. The van der Waals surface area contributed by atoms with Crippen LogP contribution in [0.4, 0.5) is 0 Å². The number of ketones is 1. The van der Waals surface area contributed by atoms with Gasteiger partial charge in [0.05, 0.1) is 6.54 Å². The van der Waals surface area contributed by atoms with E-state index in [0.29, 0.717) is 6.54 Å². The number of Topliss-reactive ketones (excluding diaryl/α,β-unsaturated/α-hetero) is 1. The molecule has 2 aromatic carbocycles. The highest BCUT2D eigenvalue weighted by atomic mass is 16.1. The predicted octanol–water partition coefficient (Wildman–Crippen LogP) is 2.76. The minimum absolute atomic E-state index is 0.233. The summed E-state index contributed by atoms with van der Waals surface area (Å²) in [7, 11) is 2.13.